The topological polar surface area (TPSA) is 67.2 Å². The Labute approximate surface area is 112 Å². The molecule has 2 amide bonds. The Hall–Kier alpha value is -1.69. The number of carbonyl (C=O) groups excluding carboxylic acids is 2. The van der Waals surface area contributed by atoms with Gasteiger partial charge in [0.25, 0.3) is 0 Å². The second kappa shape index (κ2) is 5.52. The molecule has 0 aliphatic carbocycles. The highest BCUT2D eigenvalue weighted by atomic mass is 16.2. The Balaban J connectivity index is 1.98. The van der Waals surface area contributed by atoms with Crippen LogP contribution in [0.15, 0.2) is 12.3 Å². The van der Waals surface area contributed by atoms with E-state index in [1.807, 2.05) is 27.0 Å². The molecule has 1 aromatic rings. The van der Waals surface area contributed by atoms with Crippen LogP contribution in [0.5, 0.6) is 0 Å². The minimum absolute atomic E-state index is 0.0245. The third-order valence-electron chi connectivity index (χ3n) is 3.67. The third-order valence-corrected chi connectivity index (χ3v) is 3.67. The number of amides is 2. The molecule has 1 aliphatic rings. The number of aryl methyl sites for hydroxylation is 1. The van der Waals surface area contributed by atoms with Crippen LogP contribution in [-0.2, 0) is 23.2 Å². The number of likely N-dealkylation sites (tertiary alicyclic amines) is 1. The molecule has 2 rings (SSSR count). The van der Waals surface area contributed by atoms with E-state index in [1.165, 1.54) is 4.90 Å². The molecular formula is C13H20N4O2. The molecule has 2 heterocycles. The molecule has 0 saturated carbocycles. The quantitative estimate of drug-likeness (QED) is 0.783. The number of imide groups is 1. The normalized spacial score (nSPS) is 21.2. The third kappa shape index (κ3) is 2.68. The SMILES string of the molecule is CCC(C)N1C(=O)CC(NCc2ccnn2C)C1=O. The van der Waals surface area contributed by atoms with Crippen LogP contribution < -0.4 is 5.32 Å². The zero-order chi connectivity index (χ0) is 14.0. The molecule has 1 aliphatic heterocycles. The second-order valence-electron chi connectivity index (χ2n) is 4.94. The summed E-state index contributed by atoms with van der Waals surface area (Å²) in [5, 5.41) is 7.21. The van der Waals surface area contributed by atoms with Crippen molar-refractivity contribution in [1.29, 1.82) is 0 Å². The van der Waals surface area contributed by atoms with Crippen molar-refractivity contribution in [3.05, 3.63) is 18.0 Å². The Morgan fingerprint density at radius 2 is 2.26 bits per heavy atom. The zero-order valence-corrected chi connectivity index (χ0v) is 11.6. The average Bonchev–Trinajstić information content (AvgIpc) is 2.90. The summed E-state index contributed by atoms with van der Waals surface area (Å²) in [5.41, 5.74) is 0.988. The van der Waals surface area contributed by atoms with Crippen LogP contribution in [0.4, 0.5) is 0 Å². The number of hydrogen-bond acceptors (Lipinski definition) is 4. The predicted molar refractivity (Wildman–Crippen MR) is 70.1 cm³/mol. The van der Waals surface area contributed by atoms with Crippen LogP contribution in [0.3, 0.4) is 0 Å². The fraction of sp³-hybridized carbons (Fsp3) is 0.615. The van der Waals surface area contributed by atoms with Gasteiger partial charge in [-0.1, -0.05) is 6.92 Å². The van der Waals surface area contributed by atoms with Crippen molar-refractivity contribution in [3.8, 4) is 0 Å². The molecule has 1 aromatic heterocycles. The maximum atomic E-state index is 12.2. The van der Waals surface area contributed by atoms with Gasteiger partial charge in [-0.05, 0) is 19.4 Å². The Bertz CT molecular complexity index is 483. The van der Waals surface area contributed by atoms with E-state index in [0.29, 0.717) is 6.54 Å². The second-order valence-corrected chi connectivity index (χ2v) is 4.94. The van der Waals surface area contributed by atoms with Crippen LogP contribution in [0.1, 0.15) is 32.4 Å². The smallest absolute Gasteiger partial charge is 0.247 e. The van der Waals surface area contributed by atoms with E-state index in [2.05, 4.69) is 10.4 Å². The monoisotopic (exact) mass is 264 g/mol. The molecule has 0 spiro atoms. The molecule has 1 fully saturated rings. The van der Waals surface area contributed by atoms with Crippen LogP contribution in [0, 0.1) is 0 Å². The summed E-state index contributed by atoms with van der Waals surface area (Å²) in [6.07, 6.45) is 2.75. The zero-order valence-electron chi connectivity index (χ0n) is 11.6. The highest BCUT2D eigenvalue weighted by molar-refractivity contribution is 6.05. The number of carbonyl (C=O) groups is 2. The molecule has 2 unspecified atom stereocenters. The molecule has 0 radical (unpaired) electrons. The first-order valence-corrected chi connectivity index (χ1v) is 6.60. The van der Waals surface area contributed by atoms with E-state index in [1.54, 1.807) is 10.9 Å². The van der Waals surface area contributed by atoms with Gasteiger partial charge in [0.15, 0.2) is 0 Å². The number of aromatic nitrogens is 2. The molecule has 6 nitrogen and oxygen atoms in total. The van der Waals surface area contributed by atoms with Gasteiger partial charge in [0.05, 0.1) is 18.2 Å². The minimum Gasteiger partial charge on any atom is -0.300 e. The summed E-state index contributed by atoms with van der Waals surface area (Å²) in [5.74, 6) is -0.191. The number of nitrogens with zero attached hydrogens (tertiary/aromatic N) is 3. The lowest BCUT2D eigenvalue weighted by atomic mass is 10.2. The lowest BCUT2D eigenvalue weighted by Gasteiger charge is -2.21. The molecule has 1 N–H and O–H groups in total. The van der Waals surface area contributed by atoms with Crippen LogP contribution in [0.25, 0.3) is 0 Å². The minimum atomic E-state index is -0.406. The van der Waals surface area contributed by atoms with Gasteiger partial charge < -0.3 is 0 Å². The molecule has 1 saturated heterocycles. The largest absolute Gasteiger partial charge is 0.300 e. The molecule has 104 valence electrons. The van der Waals surface area contributed by atoms with Gasteiger partial charge in [-0.2, -0.15) is 5.10 Å². The van der Waals surface area contributed by atoms with Crippen molar-refractivity contribution in [2.24, 2.45) is 7.05 Å². The maximum Gasteiger partial charge on any atom is 0.247 e. The van der Waals surface area contributed by atoms with Crippen molar-refractivity contribution < 1.29 is 9.59 Å². The van der Waals surface area contributed by atoms with E-state index in [9.17, 15) is 9.59 Å². The van der Waals surface area contributed by atoms with Gasteiger partial charge in [-0.3, -0.25) is 24.5 Å². The molecule has 19 heavy (non-hydrogen) atoms. The van der Waals surface area contributed by atoms with Crippen molar-refractivity contribution in [2.75, 3.05) is 0 Å². The lowest BCUT2D eigenvalue weighted by molar-refractivity contribution is -0.141. The van der Waals surface area contributed by atoms with Gasteiger partial charge in [-0.15, -0.1) is 0 Å². The van der Waals surface area contributed by atoms with Gasteiger partial charge in [0.1, 0.15) is 0 Å². The van der Waals surface area contributed by atoms with Crippen molar-refractivity contribution >= 4 is 11.8 Å². The standard InChI is InChI=1S/C13H20N4O2/c1-4-9(2)17-12(18)7-11(13(17)19)14-8-10-5-6-15-16(10)3/h5-6,9,11,14H,4,7-8H2,1-3H3. The number of nitrogens with one attached hydrogen (secondary N) is 1. The first kappa shape index (κ1) is 13.7. The highest BCUT2D eigenvalue weighted by Crippen LogP contribution is 2.18. The van der Waals surface area contributed by atoms with Gasteiger partial charge in [0, 0.05) is 25.8 Å². The molecule has 0 bridgehead atoms. The van der Waals surface area contributed by atoms with E-state index in [-0.39, 0.29) is 24.3 Å². The van der Waals surface area contributed by atoms with Crippen molar-refractivity contribution in [1.82, 2.24) is 20.0 Å². The summed E-state index contributed by atoms with van der Waals surface area (Å²) in [4.78, 5) is 25.4. The maximum absolute atomic E-state index is 12.2. The fourth-order valence-electron chi connectivity index (χ4n) is 2.26. The predicted octanol–water partition coefficient (Wildman–Crippen LogP) is 0.436. The fourth-order valence-corrected chi connectivity index (χ4v) is 2.26. The summed E-state index contributed by atoms with van der Waals surface area (Å²) >= 11 is 0. The van der Waals surface area contributed by atoms with E-state index < -0.39 is 6.04 Å². The van der Waals surface area contributed by atoms with Crippen molar-refractivity contribution in [3.63, 3.8) is 0 Å². The number of rotatable bonds is 5. The first-order chi connectivity index (χ1) is 9.04. The van der Waals surface area contributed by atoms with Gasteiger partial charge in [0.2, 0.25) is 11.8 Å². The Morgan fingerprint density at radius 1 is 1.53 bits per heavy atom. The van der Waals surface area contributed by atoms with Crippen LogP contribution in [0.2, 0.25) is 0 Å². The number of hydrogen-bond donors (Lipinski definition) is 1. The Morgan fingerprint density at radius 3 is 2.84 bits per heavy atom. The van der Waals surface area contributed by atoms with Gasteiger partial charge >= 0.3 is 0 Å². The van der Waals surface area contributed by atoms with E-state index in [4.69, 9.17) is 0 Å². The van der Waals surface area contributed by atoms with Crippen LogP contribution >= 0.6 is 0 Å². The molecule has 2 atom stereocenters. The van der Waals surface area contributed by atoms with E-state index in [0.717, 1.165) is 12.1 Å². The first-order valence-electron chi connectivity index (χ1n) is 6.60. The van der Waals surface area contributed by atoms with E-state index >= 15 is 0 Å². The summed E-state index contributed by atoms with van der Waals surface area (Å²) in [6.45, 7) is 4.41. The van der Waals surface area contributed by atoms with Crippen LogP contribution in [-0.4, -0.2) is 38.6 Å². The van der Waals surface area contributed by atoms with Crippen molar-refractivity contribution in [2.45, 2.75) is 45.3 Å². The summed E-state index contributed by atoms with van der Waals surface area (Å²) in [6, 6.07) is 1.46. The molecule has 0 aromatic carbocycles. The summed E-state index contributed by atoms with van der Waals surface area (Å²) < 4.78 is 1.75. The van der Waals surface area contributed by atoms with Gasteiger partial charge in [-0.25, -0.2) is 0 Å². The molecular weight excluding hydrogens is 244 g/mol. The Kier molecular flexibility index (Phi) is 3.99. The molecule has 6 heteroatoms. The highest BCUT2D eigenvalue weighted by Gasteiger charge is 2.40. The summed E-state index contributed by atoms with van der Waals surface area (Å²) in [7, 11) is 1.85. The average molecular weight is 264 g/mol. The lowest BCUT2D eigenvalue weighted by Crippen LogP contribution is -2.42.